The van der Waals surface area contributed by atoms with E-state index >= 15 is 0 Å². The molecule has 0 saturated carbocycles. The third-order valence-electron chi connectivity index (χ3n) is 24.9. The SMILES string of the molecule is C1=CC2=c3cc4c5c6c7c8c9c%10c%11c%12c%13c(c3c5c%128)C23Cc2c(ccc5ccccc25)CC32C1=c1ccc3c5c(c-%11c-%13c2c15)C12Cc5c(ccc8ccccc58)CC%101C1=C5C(=CC(C=C6C4)C7C=95)CCC1=CC=32. The molecule has 0 saturated heterocycles. The quantitative estimate of drug-likeness (QED) is 0.133. The monoisotopic (exact) mass is 912 g/mol. The standard InChI is InChI=1S/C73H36/c1-3-7-37-28(5-1)9-13-32-24-70-44-17-18-45-41-22-36-21-35-20-34-19-30-11-12-31-23-46-40-16-15-39(44)51-52(40)67-64-62-59-57-56(53(41)68(61(59)63(64)66(51)70)71(45,70)26-42(32)37)48(36)47(35)54-49(34)55-50(30)65(31)73(69(62)60(55)58(54)57)25-33-14-10-29-6-2-4-8-38(29)43(33)27-72(46,67)73/h1-10,13-20,22-23,34,49H,11-12,21,24-27H2. The fourth-order valence-corrected chi connectivity index (χ4v) is 23.6. The maximum atomic E-state index is 2.89. The zero-order valence-corrected chi connectivity index (χ0v) is 39.7. The minimum absolute atomic E-state index is 0.209. The smallest absolute Gasteiger partial charge is 0.0405 e. The molecular formula is C73H36. The molecular weight excluding hydrogens is 877 g/mol. The lowest BCUT2D eigenvalue weighted by Gasteiger charge is -2.64. The second-order valence-corrected chi connectivity index (χ2v) is 26.1. The van der Waals surface area contributed by atoms with Gasteiger partial charge in [0.25, 0.3) is 0 Å². The summed E-state index contributed by atoms with van der Waals surface area (Å²) in [5, 5.41) is 25.6. The Morgan fingerprint density at radius 3 is 1.84 bits per heavy atom. The predicted molar refractivity (Wildman–Crippen MR) is 293 cm³/mol. The Morgan fingerprint density at radius 1 is 0.438 bits per heavy atom. The fourth-order valence-electron chi connectivity index (χ4n) is 23.6. The third kappa shape index (κ3) is 2.47. The summed E-state index contributed by atoms with van der Waals surface area (Å²) in [7, 11) is 0. The number of fused-ring (bicyclic) bond motifs is 6. The second kappa shape index (κ2) is 8.96. The minimum atomic E-state index is -0.228. The molecule has 10 aromatic rings. The summed E-state index contributed by atoms with van der Waals surface area (Å²) in [5.41, 5.74) is 39.6. The molecule has 6 unspecified atom stereocenters. The van der Waals surface area contributed by atoms with Crippen LogP contribution in [-0.4, -0.2) is 0 Å². The van der Waals surface area contributed by atoms with Crippen molar-refractivity contribution >= 4 is 92.5 Å². The molecule has 328 valence electrons. The molecule has 0 aliphatic heterocycles. The van der Waals surface area contributed by atoms with Gasteiger partial charge in [-0.25, -0.2) is 0 Å². The zero-order valence-electron chi connectivity index (χ0n) is 39.7. The average Bonchev–Trinajstić information content (AvgIpc) is 4.44. The van der Waals surface area contributed by atoms with Crippen molar-refractivity contribution in [1.29, 1.82) is 0 Å². The van der Waals surface area contributed by atoms with Crippen molar-refractivity contribution in [1.82, 2.24) is 0 Å². The lowest BCUT2D eigenvalue weighted by atomic mass is 9.37. The molecule has 0 fully saturated rings. The van der Waals surface area contributed by atoms with Gasteiger partial charge in [0, 0.05) is 33.5 Å². The first kappa shape index (κ1) is 33.0. The summed E-state index contributed by atoms with van der Waals surface area (Å²) in [6, 6.07) is 37.2. The highest BCUT2D eigenvalue weighted by atomic mass is 14.8. The second-order valence-electron chi connectivity index (χ2n) is 26.1. The largest absolute Gasteiger partial charge is 0.0728 e. The Kier molecular flexibility index (Phi) is 4.05. The van der Waals surface area contributed by atoms with E-state index in [-0.39, 0.29) is 21.7 Å². The van der Waals surface area contributed by atoms with Gasteiger partial charge in [0.1, 0.15) is 0 Å². The molecule has 0 heterocycles. The van der Waals surface area contributed by atoms with E-state index in [0.29, 0.717) is 11.8 Å². The number of allylic oxidation sites excluding steroid dienone is 10. The molecule has 0 aromatic heterocycles. The Hall–Kier alpha value is -7.80. The van der Waals surface area contributed by atoms with Crippen LogP contribution in [0.3, 0.4) is 0 Å². The summed E-state index contributed by atoms with van der Waals surface area (Å²) in [5.74, 6) is 0.822. The third-order valence-corrected chi connectivity index (χ3v) is 24.9. The van der Waals surface area contributed by atoms with Crippen LogP contribution in [0.1, 0.15) is 80.0 Å². The van der Waals surface area contributed by atoms with Crippen LogP contribution in [-0.2, 0) is 53.8 Å². The molecule has 0 N–H and O–H groups in total. The highest BCUT2D eigenvalue weighted by Gasteiger charge is 2.75. The van der Waals surface area contributed by atoms with Crippen molar-refractivity contribution in [3.05, 3.63) is 226 Å². The van der Waals surface area contributed by atoms with Crippen LogP contribution in [0.2, 0.25) is 0 Å². The van der Waals surface area contributed by atoms with Crippen molar-refractivity contribution in [3.8, 4) is 22.3 Å². The van der Waals surface area contributed by atoms with Gasteiger partial charge in [-0.2, -0.15) is 0 Å². The van der Waals surface area contributed by atoms with Crippen molar-refractivity contribution < 1.29 is 0 Å². The van der Waals surface area contributed by atoms with E-state index in [1.54, 1.807) is 198 Å². The molecule has 26 rings (SSSR count). The van der Waals surface area contributed by atoms with E-state index in [0.717, 1.165) is 44.9 Å². The molecule has 0 bridgehead atoms. The molecule has 0 amide bonds. The summed E-state index contributed by atoms with van der Waals surface area (Å²) in [4.78, 5) is 0. The van der Waals surface area contributed by atoms with Gasteiger partial charge in [-0.3, -0.25) is 0 Å². The van der Waals surface area contributed by atoms with E-state index in [9.17, 15) is 0 Å². The number of rotatable bonds is 0. The van der Waals surface area contributed by atoms with Gasteiger partial charge in [-0.15, -0.1) is 0 Å². The first-order chi connectivity index (χ1) is 36.2. The van der Waals surface area contributed by atoms with Gasteiger partial charge in [0.05, 0.1) is 0 Å². The minimum Gasteiger partial charge on any atom is -0.0728 e. The van der Waals surface area contributed by atoms with Crippen LogP contribution in [0, 0.1) is 5.92 Å². The molecule has 6 atom stereocenters. The van der Waals surface area contributed by atoms with Crippen LogP contribution in [0.25, 0.3) is 115 Å². The van der Waals surface area contributed by atoms with E-state index < -0.39 is 0 Å². The normalized spacial score (nSPS) is 30.6. The highest BCUT2D eigenvalue weighted by Crippen LogP contribution is 2.82. The molecule has 4 spiro atoms. The molecule has 73 heavy (non-hydrogen) atoms. The first-order valence-corrected chi connectivity index (χ1v) is 27.8. The average molecular weight is 913 g/mol. The summed E-state index contributed by atoms with van der Waals surface area (Å²) >= 11 is 0. The van der Waals surface area contributed by atoms with Gasteiger partial charge in [-0.05, 0) is 270 Å². The Morgan fingerprint density at radius 2 is 1.05 bits per heavy atom. The van der Waals surface area contributed by atoms with E-state index in [4.69, 9.17) is 0 Å². The van der Waals surface area contributed by atoms with Crippen molar-refractivity contribution in [2.75, 3.05) is 0 Å². The molecule has 0 radical (unpaired) electrons. The van der Waals surface area contributed by atoms with E-state index in [2.05, 4.69) is 121 Å². The molecule has 16 aliphatic rings. The van der Waals surface area contributed by atoms with Crippen LogP contribution in [0.4, 0.5) is 0 Å². The summed E-state index contributed by atoms with van der Waals surface area (Å²) in [6.07, 6.45) is 21.6. The van der Waals surface area contributed by atoms with E-state index in [1.165, 1.54) is 21.5 Å². The summed E-state index contributed by atoms with van der Waals surface area (Å²) < 4.78 is 0. The van der Waals surface area contributed by atoms with Gasteiger partial charge in [-0.1, -0.05) is 115 Å². The number of benzene rings is 10. The van der Waals surface area contributed by atoms with Crippen LogP contribution in [0.5, 0.6) is 0 Å². The topological polar surface area (TPSA) is 0 Å². The highest BCUT2D eigenvalue weighted by molar-refractivity contribution is 6.42. The van der Waals surface area contributed by atoms with Gasteiger partial charge in [0.2, 0.25) is 0 Å². The van der Waals surface area contributed by atoms with Gasteiger partial charge in [0.15, 0.2) is 0 Å². The van der Waals surface area contributed by atoms with Crippen molar-refractivity contribution in [2.45, 2.75) is 72.5 Å². The Labute approximate surface area is 416 Å². The first-order valence-electron chi connectivity index (χ1n) is 27.8. The van der Waals surface area contributed by atoms with Gasteiger partial charge >= 0.3 is 0 Å². The maximum Gasteiger partial charge on any atom is 0.0405 e. The molecule has 0 nitrogen and oxygen atoms in total. The molecule has 0 heteroatoms. The molecule has 10 aromatic carbocycles. The van der Waals surface area contributed by atoms with Crippen LogP contribution in [0.15, 0.2) is 144 Å². The number of hydrogen-bond donors (Lipinski definition) is 0. The Bertz CT molecular complexity index is 5590. The van der Waals surface area contributed by atoms with Crippen LogP contribution >= 0.6 is 0 Å². The summed E-state index contributed by atoms with van der Waals surface area (Å²) in [6.45, 7) is 0. The predicted octanol–water partition coefficient (Wildman–Crippen LogP) is 12.1. The maximum absolute atomic E-state index is 2.89. The van der Waals surface area contributed by atoms with Crippen molar-refractivity contribution in [2.24, 2.45) is 5.92 Å². The Balaban J connectivity index is 1.02. The molecule has 16 aliphatic carbocycles. The lowest BCUT2D eigenvalue weighted by Crippen LogP contribution is -2.63. The number of hydrogen-bond acceptors (Lipinski definition) is 0. The fraction of sp³-hybridized carbons (Fsp3) is 0.178. The van der Waals surface area contributed by atoms with Crippen molar-refractivity contribution in [3.63, 3.8) is 0 Å². The van der Waals surface area contributed by atoms with E-state index in [1.807, 2.05) is 0 Å². The lowest BCUT2D eigenvalue weighted by molar-refractivity contribution is 0.289. The van der Waals surface area contributed by atoms with Gasteiger partial charge < -0.3 is 0 Å². The zero-order chi connectivity index (χ0) is 45.3. The van der Waals surface area contributed by atoms with Crippen LogP contribution < -0.4 is 20.9 Å².